The molecule has 0 aliphatic rings. The molecular weight excluding hydrogens is 328 g/mol. The second-order valence-corrected chi connectivity index (χ2v) is 7.22. The third-order valence-corrected chi connectivity index (χ3v) is 4.12. The molecule has 134 valence electrons. The Morgan fingerprint density at radius 2 is 1.85 bits per heavy atom. The number of hydrogen-bond donors (Lipinski definition) is 1. The van der Waals surface area contributed by atoms with E-state index in [4.69, 9.17) is 4.98 Å². The van der Waals surface area contributed by atoms with E-state index in [2.05, 4.69) is 31.0 Å². The van der Waals surface area contributed by atoms with Crippen molar-refractivity contribution in [1.82, 2.24) is 9.38 Å². The highest BCUT2D eigenvalue weighted by atomic mass is 16.3. The molecule has 0 bridgehead atoms. The van der Waals surface area contributed by atoms with Gasteiger partial charge in [-0.25, -0.2) is 4.98 Å². The van der Waals surface area contributed by atoms with Gasteiger partial charge in [0.05, 0.1) is 18.0 Å². The number of carbonyl (C=O) groups is 1. The number of Topliss-reactive ketones (excluding diaryl/α,β-unsaturated/α-hetero) is 1. The predicted octanol–water partition coefficient (Wildman–Crippen LogP) is 4.74. The largest absolute Gasteiger partial charge is 0.392 e. The number of hydrogen-bond acceptors (Lipinski definition) is 5. The van der Waals surface area contributed by atoms with Crippen LogP contribution in [0, 0.1) is 0 Å². The van der Waals surface area contributed by atoms with Crippen molar-refractivity contribution in [2.75, 3.05) is 0 Å². The van der Waals surface area contributed by atoms with Crippen LogP contribution in [0.15, 0.2) is 52.8 Å². The Kier molecular flexibility index (Phi) is 4.70. The topological polar surface area (TPSA) is 79.3 Å². The minimum atomic E-state index is -0.231. The van der Waals surface area contributed by atoms with Gasteiger partial charge in [0.1, 0.15) is 5.65 Å². The van der Waals surface area contributed by atoms with Gasteiger partial charge in [0.25, 0.3) is 0 Å². The minimum Gasteiger partial charge on any atom is -0.392 e. The normalized spacial score (nSPS) is 12.2. The maximum Gasteiger partial charge on any atom is 0.183 e. The number of aliphatic hydroxyl groups excluding tert-OH is 1. The van der Waals surface area contributed by atoms with Crippen molar-refractivity contribution in [3.63, 3.8) is 0 Å². The zero-order chi connectivity index (χ0) is 18.9. The van der Waals surface area contributed by atoms with Gasteiger partial charge in [-0.2, -0.15) is 0 Å². The molecule has 0 spiro atoms. The molecule has 2 heterocycles. The molecule has 6 heteroatoms. The Morgan fingerprint density at radius 3 is 2.42 bits per heavy atom. The third kappa shape index (κ3) is 3.41. The number of azo groups is 1. The molecule has 0 saturated heterocycles. The second kappa shape index (κ2) is 6.80. The van der Waals surface area contributed by atoms with Crippen molar-refractivity contribution in [2.24, 2.45) is 10.2 Å². The summed E-state index contributed by atoms with van der Waals surface area (Å²) in [4.78, 5) is 16.1. The van der Waals surface area contributed by atoms with Crippen molar-refractivity contribution < 1.29 is 9.90 Å². The number of ketones is 1. The number of nitrogens with zero attached hydrogens (tertiary/aromatic N) is 4. The molecule has 3 rings (SSSR count). The van der Waals surface area contributed by atoms with Gasteiger partial charge in [-0.1, -0.05) is 26.8 Å². The van der Waals surface area contributed by atoms with Gasteiger partial charge < -0.3 is 5.11 Å². The van der Waals surface area contributed by atoms with Gasteiger partial charge in [0.2, 0.25) is 0 Å². The molecule has 0 atom stereocenters. The molecule has 1 N–H and O–H groups in total. The standard InChI is InChI=1S/C20H22N4O2/c1-13(26)14-7-9-16(10-8-14)22-23-19-17(20(2,3)4)21-18-15(12-25)6-5-11-24(18)19/h5-11,25H,12H2,1-4H3. The molecule has 26 heavy (non-hydrogen) atoms. The molecule has 0 radical (unpaired) electrons. The maximum atomic E-state index is 11.4. The number of imidazole rings is 1. The lowest BCUT2D eigenvalue weighted by Gasteiger charge is -2.15. The first-order valence-corrected chi connectivity index (χ1v) is 8.45. The minimum absolute atomic E-state index is 0.0156. The van der Waals surface area contributed by atoms with Gasteiger partial charge in [-0.05, 0) is 37.3 Å². The summed E-state index contributed by atoms with van der Waals surface area (Å²) in [7, 11) is 0. The number of benzene rings is 1. The number of rotatable bonds is 4. The van der Waals surface area contributed by atoms with E-state index in [0.29, 0.717) is 22.7 Å². The van der Waals surface area contributed by atoms with Gasteiger partial charge in [0, 0.05) is 22.7 Å². The fourth-order valence-corrected chi connectivity index (χ4v) is 2.70. The Balaban J connectivity index is 2.09. The first-order valence-electron chi connectivity index (χ1n) is 8.45. The number of pyridine rings is 1. The van der Waals surface area contributed by atoms with Gasteiger partial charge in [-0.3, -0.25) is 9.20 Å². The van der Waals surface area contributed by atoms with Crippen LogP contribution in [0.25, 0.3) is 5.65 Å². The summed E-state index contributed by atoms with van der Waals surface area (Å²) < 4.78 is 1.85. The SMILES string of the molecule is CC(=O)c1ccc(N=Nc2c(C(C)(C)C)nc3c(CO)cccn23)cc1. The zero-order valence-corrected chi connectivity index (χ0v) is 15.4. The third-order valence-electron chi connectivity index (χ3n) is 4.12. The quantitative estimate of drug-likeness (QED) is 0.545. The maximum absolute atomic E-state index is 11.4. The monoisotopic (exact) mass is 350 g/mol. The van der Waals surface area contributed by atoms with Crippen molar-refractivity contribution in [2.45, 2.75) is 39.7 Å². The van der Waals surface area contributed by atoms with Crippen LogP contribution in [0.5, 0.6) is 0 Å². The predicted molar refractivity (Wildman–Crippen MR) is 100 cm³/mol. The number of aliphatic hydroxyl groups is 1. The van der Waals surface area contributed by atoms with Crippen LogP contribution in [0.3, 0.4) is 0 Å². The van der Waals surface area contributed by atoms with E-state index in [1.165, 1.54) is 6.92 Å². The summed E-state index contributed by atoms with van der Waals surface area (Å²) in [6.07, 6.45) is 1.87. The first kappa shape index (κ1) is 17.9. The highest BCUT2D eigenvalue weighted by molar-refractivity contribution is 5.94. The van der Waals surface area contributed by atoms with Crippen LogP contribution in [-0.2, 0) is 12.0 Å². The van der Waals surface area contributed by atoms with Crippen molar-refractivity contribution >= 4 is 22.9 Å². The number of carbonyl (C=O) groups excluding carboxylic acids is 1. The molecule has 0 fully saturated rings. The summed E-state index contributed by atoms with van der Waals surface area (Å²) in [6, 6.07) is 10.7. The fourth-order valence-electron chi connectivity index (χ4n) is 2.70. The van der Waals surface area contributed by atoms with Gasteiger partial charge in [-0.15, -0.1) is 10.2 Å². The smallest absolute Gasteiger partial charge is 0.183 e. The lowest BCUT2D eigenvalue weighted by Crippen LogP contribution is -2.11. The van der Waals surface area contributed by atoms with Crippen LogP contribution in [0.1, 0.15) is 49.3 Å². The molecule has 6 nitrogen and oxygen atoms in total. The molecule has 0 amide bonds. The van der Waals surface area contributed by atoms with E-state index in [1.807, 2.05) is 22.7 Å². The highest BCUT2D eigenvalue weighted by Gasteiger charge is 2.25. The molecular formula is C20H22N4O2. The number of fused-ring (bicyclic) bond motifs is 1. The van der Waals surface area contributed by atoms with E-state index in [1.54, 1.807) is 24.3 Å². The van der Waals surface area contributed by atoms with E-state index >= 15 is 0 Å². The van der Waals surface area contributed by atoms with E-state index in [0.717, 1.165) is 11.3 Å². The number of aromatic nitrogens is 2. The van der Waals surface area contributed by atoms with Crippen LogP contribution in [0.2, 0.25) is 0 Å². The zero-order valence-electron chi connectivity index (χ0n) is 15.4. The Labute approximate surface area is 152 Å². The Morgan fingerprint density at radius 1 is 1.15 bits per heavy atom. The molecule has 0 aliphatic carbocycles. The molecule has 0 saturated carbocycles. The summed E-state index contributed by atoms with van der Waals surface area (Å²) in [6.45, 7) is 7.63. The molecule has 3 aromatic rings. The average molecular weight is 350 g/mol. The first-order chi connectivity index (χ1) is 12.3. The van der Waals surface area contributed by atoms with Crippen LogP contribution in [-0.4, -0.2) is 20.3 Å². The van der Waals surface area contributed by atoms with Gasteiger partial charge >= 0.3 is 0 Å². The lowest BCUT2D eigenvalue weighted by molar-refractivity contribution is 0.101. The average Bonchev–Trinajstić information content (AvgIpc) is 2.99. The summed E-state index contributed by atoms with van der Waals surface area (Å²) in [5, 5.41) is 18.3. The lowest BCUT2D eigenvalue weighted by atomic mass is 9.92. The summed E-state index contributed by atoms with van der Waals surface area (Å²) in [5.41, 5.74) is 3.30. The fraction of sp³-hybridized carbons (Fsp3) is 0.300. The van der Waals surface area contributed by atoms with Gasteiger partial charge in [0.15, 0.2) is 11.6 Å². The second-order valence-electron chi connectivity index (χ2n) is 7.22. The highest BCUT2D eigenvalue weighted by Crippen LogP contribution is 2.34. The van der Waals surface area contributed by atoms with Crippen molar-refractivity contribution in [3.05, 3.63) is 59.4 Å². The summed E-state index contributed by atoms with van der Waals surface area (Å²) in [5.74, 6) is 0.653. The molecule has 0 unspecified atom stereocenters. The molecule has 0 aliphatic heterocycles. The molecule has 2 aromatic heterocycles. The molecule has 1 aromatic carbocycles. The summed E-state index contributed by atoms with van der Waals surface area (Å²) >= 11 is 0. The van der Waals surface area contributed by atoms with Crippen LogP contribution >= 0.6 is 0 Å². The van der Waals surface area contributed by atoms with Crippen LogP contribution < -0.4 is 0 Å². The Hall–Kier alpha value is -2.86. The van der Waals surface area contributed by atoms with Crippen molar-refractivity contribution in [1.29, 1.82) is 0 Å². The van der Waals surface area contributed by atoms with E-state index < -0.39 is 0 Å². The van der Waals surface area contributed by atoms with Crippen LogP contribution in [0.4, 0.5) is 11.5 Å². The Bertz CT molecular complexity index is 979. The van der Waals surface area contributed by atoms with E-state index in [-0.39, 0.29) is 17.8 Å². The van der Waals surface area contributed by atoms with E-state index in [9.17, 15) is 9.90 Å². The van der Waals surface area contributed by atoms with Crippen molar-refractivity contribution in [3.8, 4) is 0 Å².